The van der Waals surface area contributed by atoms with Gasteiger partial charge in [0.05, 0.1) is 0 Å². The summed E-state index contributed by atoms with van der Waals surface area (Å²) in [5.41, 5.74) is 9.91. The Morgan fingerprint density at radius 2 is 2.21 bits per heavy atom. The second-order valence-electron chi connectivity index (χ2n) is 5.32. The molecule has 0 amide bonds. The van der Waals surface area contributed by atoms with E-state index in [9.17, 15) is 4.39 Å². The molecule has 100 valence electrons. The minimum absolute atomic E-state index is 0.0331. The molecule has 3 heteroatoms. The number of rotatable bonds is 2. The molecule has 2 aromatic rings. The minimum atomic E-state index is -0.187. The number of hydrogen-bond acceptors (Lipinski definition) is 2. The van der Waals surface area contributed by atoms with Crippen molar-refractivity contribution in [1.82, 2.24) is 0 Å². The Kier molecular flexibility index (Phi) is 3.42. The van der Waals surface area contributed by atoms with Gasteiger partial charge in [-0.05, 0) is 66.5 Å². The Balaban J connectivity index is 1.95. The van der Waals surface area contributed by atoms with Crippen LogP contribution in [0.15, 0.2) is 29.6 Å². The van der Waals surface area contributed by atoms with Gasteiger partial charge in [0.2, 0.25) is 0 Å². The zero-order valence-electron chi connectivity index (χ0n) is 11.0. The fourth-order valence-electron chi connectivity index (χ4n) is 3.12. The highest BCUT2D eigenvalue weighted by atomic mass is 32.1. The van der Waals surface area contributed by atoms with E-state index >= 15 is 0 Å². The molecular weight excluding hydrogens is 257 g/mol. The predicted molar refractivity (Wildman–Crippen MR) is 78.1 cm³/mol. The summed E-state index contributed by atoms with van der Waals surface area (Å²) >= 11 is 1.83. The lowest BCUT2D eigenvalue weighted by Gasteiger charge is -2.29. The van der Waals surface area contributed by atoms with Crippen molar-refractivity contribution in [3.63, 3.8) is 0 Å². The van der Waals surface area contributed by atoms with Crippen LogP contribution < -0.4 is 5.73 Å². The molecule has 0 aliphatic heterocycles. The van der Waals surface area contributed by atoms with Gasteiger partial charge in [-0.15, -0.1) is 11.3 Å². The fraction of sp³-hybridized carbons (Fsp3) is 0.375. The first-order valence-electron chi connectivity index (χ1n) is 6.74. The summed E-state index contributed by atoms with van der Waals surface area (Å²) < 4.78 is 13.2. The van der Waals surface area contributed by atoms with Crippen molar-refractivity contribution in [2.75, 3.05) is 0 Å². The number of aryl methyl sites for hydroxylation is 2. The molecular formula is C16H18FNS. The second-order valence-corrected chi connectivity index (χ2v) is 6.33. The van der Waals surface area contributed by atoms with Gasteiger partial charge in [-0.3, -0.25) is 0 Å². The van der Waals surface area contributed by atoms with E-state index in [1.807, 2.05) is 24.3 Å². The molecule has 2 unspecified atom stereocenters. The summed E-state index contributed by atoms with van der Waals surface area (Å²) in [7, 11) is 0. The summed E-state index contributed by atoms with van der Waals surface area (Å²) in [6.45, 7) is 1.94. The molecule has 0 saturated heterocycles. The quantitative estimate of drug-likeness (QED) is 0.868. The number of hydrogen-bond donors (Lipinski definition) is 1. The minimum Gasteiger partial charge on any atom is -0.323 e. The largest absolute Gasteiger partial charge is 0.323 e. The van der Waals surface area contributed by atoms with Gasteiger partial charge in [0.1, 0.15) is 5.82 Å². The summed E-state index contributed by atoms with van der Waals surface area (Å²) in [6.07, 6.45) is 3.51. The standard InChI is InChI=1S/C16H18FNS/c1-10-9-11(17)5-6-12(10)16(18)14-3-2-4-15-13(14)7-8-19-15/h5-9,14,16H,2-4,18H2,1H3. The van der Waals surface area contributed by atoms with E-state index in [0.717, 1.165) is 17.5 Å². The summed E-state index contributed by atoms with van der Waals surface area (Å²) in [5.74, 6) is 0.187. The Bertz CT molecular complexity index is 590. The highest BCUT2D eigenvalue weighted by Crippen LogP contribution is 2.41. The van der Waals surface area contributed by atoms with Crippen LogP contribution in [0.2, 0.25) is 0 Å². The molecule has 1 aliphatic rings. The van der Waals surface area contributed by atoms with Crippen LogP contribution in [0.3, 0.4) is 0 Å². The van der Waals surface area contributed by atoms with Gasteiger partial charge >= 0.3 is 0 Å². The number of fused-ring (bicyclic) bond motifs is 1. The van der Waals surface area contributed by atoms with Crippen LogP contribution in [0.5, 0.6) is 0 Å². The normalized spacial score (nSPS) is 20.1. The molecule has 1 aliphatic carbocycles. The third kappa shape index (κ3) is 2.33. The fourth-order valence-corrected chi connectivity index (χ4v) is 4.12. The summed E-state index contributed by atoms with van der Waals surface area (Å²) in [4.78, 5) is 1.48. The first-order chi connectivity index (χ1) is 9.16. The van der Waals surface area contributed by atoms with Crippen LogP contribution in [0.4, 0.5) is 4.39 Å². The van der Waals surface area contributed by atoms with E-state index in [0.29, 0.717) is 5.92 Å². The molecule has 1 aromatic carbocycles. The average molecular weight is 275 g/mol. The first kappa shape index (κ1) is 12.8. The Hall–Kier alpha value is -1.19. The first-order valence-corrected chi connectivity index (χ1v) is 7.62. The summed E-state index contributed by atoms with van der Waals surface area (Å²) in [5, 5.41) is 2.16. The SMILES string of the molecule is Cc1cc(F)ccc1C(N)C1CCCc2sccc21. The van der Waals surface area contributed by atoms with E-state index in [4.69, 9.17) is 5.73 Å². The zero-order chi connectivity index (χ0) is 13.4. The molecule has 2 atom stereocenters. The molecule has 0 bridgehead atoms. The molecule has 0 spiro atoms. The lowest BCUT2D eigenvalue weighted by atomic mass is 9.79. The zero-order valence-corrected chi connectivity index (χ0v) is 11.8. The van der Waals surface area contributed by atoms with Crippen molar-refractivity contribution in [3.05, 3.63) is 57.0 Å². The van der Waals surface area contributed by atoms with Gasteiger partial charge in [0.15, 0.2) is 0 Å². The number of nitrogens with two attached hydrogens (primary N) is 1. The van der Waals surface area contributed by atoms with Crippen molar-refractivity contribution in [3.8, 4) is 0 Å². The van der Waals surface area contributed by atoms with Crippen molar-refractivity contribution in [2.45, 2.75) is 38.1 Å². The molecule has 19 heavy (non-hydrogen) atoms. The van der Waals surface area contributed by atoms with Gasteiger partial charge in [-0.25, -0.2) is 4.39 Å². The Morgan fingerprint density at radius 1 is 1.37 bits per heavy atom. The molecule has 1 aromatic heterocycles. The van der Waals surface area contributed by atoms with Crippen LogP contribution in [-0.4, -0.2) is 0 Å². The lowest BCUT2D eigenvalue weighted by molar-refractivity contribution is 0.477. The smallest absolute Gasteiger partial charge is 0.123 e. The van der Waals surface area contributed by atoms with Crippen molar-refractivity contribution in [2.24, 2.45) is 5.73 Å². The molecule has 3 rings (SSSR count). The van der Waals surface area contributed by atoms with E-state index < -0.39 is 0 Å². The van der Waals surface area contributed by atoms with Gasteiger partial charge in [0.25, 0.3) is 0 Å². The van der Waals surface area contributed by atoms with Crippen molar-refractivity contribution < 1.29 is 4.39 Å². The average Bonchev–Trinajstić information content (AvgIpc) is 2.86. The van der Waals surface area contributed by atoms with Crippen LogP contribution in [0.1, 0.15) is 46.4 Å². The maximum Gasteiger partial charge on any atom is 0.123 e. The number of benzene rings is 1. The third-order valence-corrected chi connectivity index (χ3v) is 5.12. The maximum atomic E-state index is 13.2. The molecule has 0 saturated carbocycles. The van der Waals surface area contributed by atoms with Crippen molar-refractivity contribution >= 4 is 11.3 Å². The number of thiophene rings is 1. The van der Waals surface area contributed by atoms with Crippen LogP contribution >= 0.6 is 11.3 Å². The van der Waals surface area contributed by atoms with E-state index in [1.165, 1.54) is 29.3 Å². The van der Waals surface area contributed by atoms with E-state index in [2.05, 4.69) is 11.4 Å². The second kappa shape index (κ2) is 5.06. The maximum absolute atomic E-state index is 13.2. The van der Waals surface area contributed by atoms with E-state index in [1.54, 1.807) is 6.07 Å². The van der Waals surface area contributed by atoms with Gasteiger partial charge < -0.3 is 5.73 Å². The third-order valence-electron chi connectivity index (χ3n) is 4.12. The predicted octanol–water partition coefficient (Wildman–Crippen LogP) is 4.32. The van der Waals surface area contributed by atoms with Crippen LogP contribution in [0.25, 0.3) is 0 Å². The molecule has 0 fully saturated rings. The molecule has 1 nitrogen and oxygen atoms in total. The molecule has 1 heterocycles. The van der Waals surface area contributed by atoms with Gasteiger partial charge in [-0.2, -0.15) is 0 Å². The molecule has 0 radical (unpaired) electrons. The van der Waals surface area contributed by atoms with Crippen LogP contribution in [0, 0.1) is 12.7 Å². The lowest BCUT2D eigenvalue weighted by Crippen LogP contribution is -2.23. The van der Waals surface area contributed by atoms with E-state index in [-0.39, 0.29) is 11.9 Å². The highest BCUT2D eigenvalue weighted by molar-refractivity contribution is 7.10. The monoisotopic (exact) mass is 275 g/mol. The van der Waals surface area contributed by atoms with Gasteiger partial charge in [0, 0.05) is 16.8 Å². The Labute approximate surface area is 117 Å². The highest BCUT2D eigenvalue weighted by Gasteiger charge is 2.28. The molecule has 2 N–H and O–H groups in total. The van der Waals surface area contributed by atoms with Gasteiger partial charge in [-0.1, -0.05) is 6.07 Å². The Morgan fingerprint density at radius 3 is 3.00 bits per heavy atom. The van der Waals surface area contributed by atoms with Crippen molar-refractivity contribution in [1.29, 1.82) is 0 Å². The number of halogens is 1. The van der Waals surface area contributed by atoms with Crippen LogP contribution in [-0.2, 0) is 6.42 Å². The summed E-state index contributed by atoms with van der Waals surface area (Å²) in [6, 6.07) is 7.11. The topological polar surface area (TPSA) is 26.0 Å².